The fourth-order valence-corrected chi connectivity index (χ4v) is 2.69. The molecule has 0 spiro atoms. The van der Waals surface area contributed by atoms with Gasteiger partial charge in [-0.2, -0.15) is 0 Å². The molecule has 0 saturated carbocycles. The Bertz CT molecular complexity index is 573. The number of benzene rings is 1. The number of carbonyl (C=O) groups is 1. The van der Waals surface area contributed by atoms with Crippen molar-refractivity contribution in [3.05, 3.63) is 36.0 Å². The van der Waals surface area contributed by atoms with Crippen LogP contribution in [0.4, 0.5) is 0 Å². The number of aromatic nitrogens is 1. The number of rotatable bonds is 6. The Morgan fingerprint density at radius 1 is 1.30 bits per heavy atom. The fourth-order valence-electron chi connectivity index (χ4n) is 2.69. The Kier molecular flexibility index (Phi) is 4.79. The molecule has 0 aliphatic rings. The molecule has 0 bridgehead atoms. The smallest absolute Gasteiger partial charge is 0.256 e. The van der Waals surface area contributed by atoms with Crippen LogP contribution in [0.5, 0.6) is 0 Å². The molecule has 1 amide bonds. The van der Waals surface area contributed by atoms with Gasteiger partial charge < -0.3 is 15.0 Å². The van der Waals surface area contributed by atoms with E-state index in [1.54, 1.807) is 11.1 Å². The van der Waals surface area contributed by atoms with Crippen LogP contribution in [0.25, 0.3) is 10.9 Å². The molecule has 1 aromatic heterocycles. The van der Waals surface area contributed by atoms with Crippen molar-refractivity contribution >= 4 is 16.8 Å². The van der Waals surface area contributed by atoms with Gasteiger partial charge in [0.2, 0.25) is 0 Å². The van der Waals surface area contributed by atoms with E-state index in [0.717, 1.165) is 23.7 Å². The number of fused-ring (bicyclic) bond motifs is 1. The largest absolute Gasteiger partial charge is 0.395 e. The molecule has 4 heteroatoms. The number of aliphatic hydroxyl groups is 1. The quantitative estimate of drug-likeness (QED) is 0.851. The van der Waals surface area contributed by atoms with Crippen molar-refractivity contribution in [2.75, 3.05) is 13.2 Å². The summed E-state index contributed by atoms with van der Waals surface area (Å²) in [4.78, 5) is 17.7. The lowest BCUT2D eigenvalue weighted by Crippen LogP contribution is -2.41. The third-order valence-corrected chi connectivity index (χ3v) is 3.80. The fraction of sp³-hybridized carbons (Fsp3) is 0.438. The van der Waals surface area contributed by atoms with Gasteiger partial charge in [-0.1, -0.05) is 32.0 Å². The normalized spacial score (nSPS) is 11.2. The molecule has 4 nitrogen and oxygen atoms in total. The third-order valence-electron chi connectivity index (χ3n) is 3.80. The highest BCUT2D eigenvalue weighted by Gasteiger charge is 2.23. The minimum absolute atomic E-state index is 0.00907. The molecule has 1 heterocycles. The predicted octanol–water partition coefficient (Wildman–Crippen LogP) is 2.79. The average molecular weight is 274 g/mol. The monoisotopic (exact) mass is 274 g/mol. The molecule has 2 aromatic rings. The second kappa shape index (κ2) is 6.57. The molecule has 108 valence electrons. The van der Waals surface area contributed by atoms with Crippen LogP contribution in [0.1, 0.15) is 37.0 Å². The first-order chi connectivity index (χ1) is 9.72. The number of aliphatic hydroxyl groups excluding tert-OH is 1. The highest BCUT2D eigenvalue weighted by Crippen LogP contribution is 2.21. The molecule has 0 saturated heterocycles. The minimum atomic E-state index is -0.00933. The van der Waals surface area contributed by atoms with Crippen LogP contribution in [0, 0.1) is 0 Å². The Balaban J connectivity index is 2.36. The third kappa shape index (κ3) is 2.70. The number of amides is 1. The molecule has 20 heavy (non-hydrogen) atoms. The Morgan fingerprint density at radius 2 is 2.00 bits per heavy atom. The molecule has 0 atom stereocenters. The van der Waals surface area contributed by atoms with E-state index in [0.29, 0.717) is 12.1 Å². The molecular weight excluding hydrogens is 252 g/mol. The lowest BCUT2D eigenvalue weighted by Gasteiger charge is -2.29. The number of para-hydroxylation sites is 1. The Morgan fingerprint density at radius 3 is 2.65 bits per heavy atom. The van der Waals surface area contributed by atoms with Gasteiger partial charge in [-0.05, 0) is 18.9 Å². The number of aromatic amines is 1. The van der Waals surface area contributed by atoms with Crippen LogP contribution in [0.3, 0.4) is 0 Å². The summed E-state index contributed by atoms with van der Waals surface area (Å²) in [6, 6.07) is 7.95. The van der Waals surface area contributed by atoms with E-state index in [1.807, 2.05) is 24.3 Å². The van der Waals surface area contributed by atoms with Crippen molar-refractivity contribution < 1.29 is 9.90 Å². The maximum Gasteiger partial charge on any atom is 0.256 e. The van der Waals surface area contributed by atoms with E-state index in [-0.39, 0.29) is 18.6 Å². The number of nitrogens with zero attached hydrogens (tertiary/aromatic N) is 1. The van der Waals surface area contributed by atoms with Crippen molar-refractivity contribution in [2.45, 2.75) is 32.7 Å². The van der Waals surface area contributed by atoms with Crippen molar-refractivity contribution in [2.24, 2.45) is 0 Å². The first kappa shape index (κ1) is 14.6. The van der Waals surface area contributed by atoms with Crippen molar-refractivity contribution in [1.29, 1.82) is 0 Å². The number of hydrogen-bond acceptors (Lipinski definition) is 2. The van der Waals surface area contributed by atoms with Gasteiger partial charge in [0.1, 0.15) is 0 Å². The summed E-state index contributed by atoms with van der Waals surface area (Å²) in [7, 11) is 0. The number of carbonyl (C=O) groups excluding carboxylic acids is 1. The first-order valence-corrected chi connectivity index (χ1v) is 7.20. The standard InChI is InChI=1S/C16H22N2O2/c1-3-12(4-2)18(9-10-19)16(20)14-11-17-15-8-6-5-7-13(14)15/h5-8,11-12,17,19H,3-4,9-10H2,1-2H3. The van der Waals surface area contributed by atoms with E-state index in [9.17, 15) is 9.90 Å². The average Bonchev–Trinajstić information content (AvgIpc) is 2.91. The lowest BCUT2D eigenvalue weighted by molar-refractivity contribution is 0.0624. The highest BCUT2D eigenvalue weighted by atomic mass is 16.3. The zero-order chi connectivity index (χ0) is 14.5. The van der Waals surface area contributed by atoms with Crippen molar-refractivity contribution in [3.8, 4) is 0 Å². The summed E-state index contributed by atoms with van der Waals surface area (Å²) in [5.74, 6) is -0.00907. The molecule has 0 fully saturated rings. The topological polar surface area (TPSA) is 56.3 Å². The van der Waals surface area contributed by atoms with Crippen molar-refractivity contribution in [3.63, 3.8) is 0 Å². The Hall–Kier alpha value is -1.81. The van der Waals surface area contributed by atoms with Crippen LogP contribution in [0.2, 0.25) is 0 Å². The second-order valence-electron chi connectivity index (χ2n) is 4.94. The van der Waals surface area contributed by atoms with Gasteiger partial charge >= 0.3 is 0 Å². The van der Waals surface area contributed by atoms with Gasteiger partial charge in [0.15, 0.2) is 0 Å². The summed E-state index contributed by atoms with van der Waals surface area (Å²) in [5, 5.41) is 10.2. The summed E-state index contributed by atoms with van der Waals surface area (Å²) in [6.07, 6.45) is 3.55. The second-order valence-corrected chi connectivity index (χ2v) is 4.94. The van der Waals surface area contributed by atoms with Gasteiger partial charge in [0.25, 0.3) is 5.91 Å². The maximum atomic E-state index is 12.8. The molecular formula is C16H22N2O2. The molecule has 1 aromatic carbocycles. The SMILES string of the molecule is CCC(CC)N(CCO)C(=O)c1c[nH]c2ccccc12. The lowest BCUT2D eigenvalue weighted by atomic mass is 10.1. The van der Waals surface area contributed by atoms with Crippen LogP contribution in [-0.2, 0) is 0 Å². The summed E-state index contributed by atoms with van der Waals surface area (Å²) in [6.45, 7) is 4.51. The van der Waals surface area contributed by atoms with E-state index >= 15 is 0 Å². The van der Waals surface area contributed by atoms with Crippen molar-refractivity contribution in [1.82, 2.24) is 9.88 Å². The molecule has 0 radical (unpaired) electrons. The van der Waals surface area contributed by atoms with Crippen LogP contribution in [0.15, 0.2) is 30.5 Å². The maximum absolute atomic E-state index is 12.8. The van der Waals surface area contributed by atoms with E-state index in [2.05, 4.69) is 18.8 Å². The van der Waals surface area contributed by atoms with Gasteiger partial charge in [0.05, 0.1) is 12.2 Å². The molecule has 0 aliphatic heterocycles. The highest BCUT2D eigenvalue weighted by molar-refractivity contribution is 6.06. The minimum Gasteiger partial charge on any atom is -0.395 e. The van der Waals surface area contributed by atoms with Crippen LogP contribution in [-0.4, -0.2) is 40.1 Å². The number of nitrogens with one attached hydrogen (secondary N) is 1. The predicted molar refractivity (Wildman–Crippen MR) is 80.8 cm³/mol. The van der Waals surface area contributed by atoms with E-state index in [4.69, 9.17) is 0 Å². The van der Waals surface area contributed by atoms with Crippen LogP contribution < -0.4 is 0 Å². The summed E-state index contributed by atoms with van der Waals surface area (Å²) >= 11 is 0. The summed E-state index contributed by atoms with van der Waals surface area (Å²) in [5.41, 5.74) is 1.64. The zero-order valence-electron chi connectivity index (χ0n) is 12.1. The number of H-pyrrole nitrogens is 1. The number of hydrogen-bond donors (Lipinski definition) is 2. The van der Waals surface area contributed by atoms with E-state index < -0.39 is 0 Å². The molecule has 0 aliphatic carbocycles. The van der Waals surface area contributed by atoms with Crippen LogP contribution >= 0.6 is 0 Å². The molecule has 2 N–H and O–H groups in total. The molecule has 2 rings (SSSR count). The first-order valence-electron chi connectivity index (χ1n) is 7.20. The zero-order valence-corrected chi connectivity index (χ0v) is 12.1. The molecule has 0 unspecified atom stereocenters. The summed E-state index contributed by atoms with van der Waals surface area (Å²) < 4.78 is 0. The van der Waals surface area contributed by atoms with E-state index in [1.165, 1.54) is 0 Å². The Labute approximate surface area is 119 Å². The van der Waals surface area contributed by atoms with Gasteiger partial charge in [-0.3, -0.25) is 4.79 Å². The van der Waals surface area contributed by atoms with Gasteiger partial charge in [-0.25, -0.2) is 0 Å². The van der Waals surface area contributed by atoms with Gasteiger partial charge in [-0.15, -0.1) is 0 Å². The van der Waals surface area contributed by atoms with Gasteiger partial charge in [0, 0.05) is 29.7 Å².